The fraction of sp³-hybridized carbons (Fsp3) is 0.259. The van der Waals surface area contributed by atoms with Crippen molar-refractivity contribution in [2.45, 2.75) is 33.6 Å². The number of aliphatic imine (C=N–C) groups is 1. The van der Waals surface area contributed by atoms with E-state index in [0.717, 1.165) is 34.3 Å². The van der Waals surface area contributed by atoms with Crippen LogP contribution in [0.1, 0.15) is 29.4 Å². The van der Waals surface area contributed by atoms with Crippen LogP contribution in [0.2, 0.25) is 5.02 Å². The lowest BCUT2D eigenvalue weighted by molar-refractivity contribution is -0.121. The highest BCUT2D eigenvalue weighted by atomic mass is 35.5. The van der Waals surface area contributed by atoms with Crippen molar-refractivity contribution in [2.24, 2.45) is 4.99 Å². The second-order valence-electron chi connectivity index (χ2n) is 8.42. The number of carbonyl (C=O) groups excluding carboxylic acids is 1. The summed E-state index contributed by atoms with van der Waals surface area (Å²) in [6.45, 7) is 6.13. The van der Waals surface area contributed by atoms with E-state index in [-0.39, 0.29) is 18.5 Å². The van der Waals surface area contributed by atoms with E-state index >= 15 is 0 Å². The number of aromatic amines is 1. The van der Waals surface area contributed by atoms with Crippen molar-refractivity contribution in [2.75, 3.05) is 18.5 Å². The van der Waals surface area contributed by atoms with Crippen LogP contribution in [0.5, 0.6) is 5.75 Å². The summed E-state index contributed by atoms with van der Waals surface area (Å²) in [5.74, 6) is 0.905. The molecule has 0 aliphatic rings. The lowest BCUT2D eigenvalue weighted by atomic mass is 10.1. The molecule has 2 aromatic heterocycles. The Hall–Kier alpha value is -3.91. The number of halogens is 1. The van der Waals surface area contributed by atoms with E-state index in [1.165, 1.54) is 5.56 Å². The number of guanidine groups is 1. The van der Waals surface area contributed by atoms with Crippen LogP contribution < -0.4 is 15.4 Å². The van der Waals surface area contributed by atoms with Crippen LogP contribution in [-0.4, -0.2) is 40.0 Å². The number of hydrogen-bond acceptors (Lipinski definition) is 5. The highest BCUT2D eigenvalue weighted by Crippen LogP contribution is 2.22. The molecule has 0 fully saturated rings. The molecule has 4 rings (SSSR count). The van der Waals surface area contributed by atoms with Gasteiger partial charge in [0.25, 0.3) is 5.91 Å². The lowest BCUT2D eigenvalue weighted by Crippen LogP contribution is -2.39. The molecule has 2 aromatic carbocycles. The number of anilines is 1. The minimum atomic E-state index is -0.343. The molecule has 0 radical (unpaired) electrons. The van der Waals surface area contributed by atoms with E-state index in [9.17, 15) is 4.79 Å². The maximum Gasteiger partial charge on any atom is 0.264 e. The number of benzene rings is 2. The molecular weight excluding hydrogens is 476 g/mol. The summed E-state index contributed by atoms with van der Waals surface area (Å²) in [5, 5.41) is 7.56. The second kappa shape index (κ2) is 11.7. The monoisotopic (exact) mass is 504 g/mol. The van der Waals surface area contributed by atoms with Gasteiger partial charge in [0.2, 0.25) is 11.9 Å². The van der Waals surface area contributed by atoms with Crippen molar-refractivity contribution in [3.63, 3.8) is 0 Å². The Labute approximate surface area is 215 Å². The quantitative estimate of drug-likeness (QED) is 0.231. The topological polar surface area (TPSA) is 104 Å². The second-order valence-corrected chi connectivity index (χ2v) is 8.85. The van der Waals surface area contributed by atoms with Crippen molar-refractivity contribution in [1.29, 1.82) is 0 Å². The fourth-order valence-electron chi connectivity index (χ4n) is 3.78. The standard InChI is InChI=1S/C27H29ClN6O2/c1-4-19-5-8-22(9-6-19)36-16-25(35)33-26(34-27-31-17(2)13-18(3)32-27)29-12-11-20-15-30-24-10-7-21(28)14-23(20)24/h5-10,13-15,30H,4,11-12,16H2,1-3H3,(H2,29,31,32,33,34,35). The van der Waals surface area contributed by atoms with Gasteiger partial charge in [-0.3, -0.25) is 20.4 Å². The van der Waals surface area contributed by atoms with E-state index in [1.54, 1.807) is 0 Å². The number of carbonyl (C=O) groups is 1. The number of H-pyrrole nitrogens is 1. The number of hydrogen-bond donors (Lipinski definition) is 3. The maximum absolute atomic E-state index is 12.7. The van der Waals surface area contributed by atoms with Gasteiger partial charge in [0.05, 0.1) is 0 Å². The van der Waals surface area contributed by atoms with Crippen molar-refractivity contribution in [3.05, 3.63) is 82.3 Å². The highest BCUT2D eigenvalue weighted by Gasteiger charge is 2.11. The van der Waals surface area contributed by atoms with E-state index in [0.29, 0.717) is 29.7 Å². The minimum Gasteiger partial charge on any atom is -0.484 e. The van der Waals surface area contributed by atoms with Gasteiger partial charge < -0.3 is 9.72 Å². The number of fused-ring (bicyclic) bond motifs is 1. The van der Waals surface area contributed by atoms with E-state index in [2.05, 4.69) is 37.5 Å². The molecule has 0 spiro atoms. The average Bonchev–Trinajstić information content (AvgIpc) is 3.24. The van der Waals surface area contributed by atoms with E-state index in [1.807, 2.05) is 68.6 Å². The summed E-state index contributed by atoms with van der Waals surface area (Å²) >= 11 is 6.17. The van der Waals surface area contributed by atoms with E-state index in [4.69, 9.17) is 16.3 Å². The first-order valence-electron chi connectivity index (χ1n) is 11.8. The number of nitrogens with zero attached hydrogens (tertiary/aromatic N) is 3. The Morgan fingerprint density at radius 2 is 1.83 bits per heavy atom. The van der Waals surface area contributed by atoms with Gasteiger partial charge in [-0.05, 0) is 74.2 Å². The summed E-state index contributed by atoms with van der Waals surface area (Å²) in [6, 6.07) is 15.3. The average molecular weight is 505 g/mol. The molecule has 186 valence electrons. The van der Waals surface area contributed by atoms with Crippen LogP contribution in [0.25, 0.3) is 10.9 Å². The predicted octanol–water partition coefficient (Wildman–Crippen LogP) is 5.00. The molecule has 1 amide bonds. The normalized spacial score (nSPS) is 11.5. The molecule has 9 heteroatoms. The van der Waals surface area contributed by atoms with Crippen molar-refractivity contribution in [1.82, 2.24) is 20.3 Å². The Morgan fingerprint density at radius 3 is 2.56 bits per heavy atom. The number of nitrogens with one attached hydrogen (secondary N) is 3. The van der Waals surface area contributed by atoms with Gasteiger partial charge in [0.15, 0.2) is 6.61 Å². The van der Waals surface area contributed by atoms with Crippen molar-refractivity contribution >= 4 is 40.3 Å². The molecule has 0 saturated heterocycles. The zero-order valence-electron chi connectivity index (χ0n) is 20.6. The van der Waals surface area contributed by atoms with Gasteiger partial charge >= 0.3 is 0 Å². The molecular formula is C27H29ClN6O2. The third kappa shape index (κ3) is 6.82. The van der Waals surface area contributed by atoms with Gasteiger partial charge in [-0.2, -0.15) is 0 Å². The Kier molecular flexibility index (Phi) is 8.17. The van der Waals surface area contributed by atoms with Crippen LogP contribution in [0.15, 0.2) is 59.7 Å². The van der Waals surface area contributed by atoms with Crippen LogP contribution in [0, 0.1) is 13.8 Å². The maximum atomic E-state index is 12.7. The van der Waals surface area contributed by atoms with Crippen LogP contribution in [0.3, 0.4) is 0 Å². The largest absolute Gasteiger partial charge is 0.484 e. The number of aryl methyl sites for hydroxylation is 3. The minimum absolute atomic E-state index is 0.152. The van der Waals surface area contributed by atoms with Gasteiger partial charge in [-0.1, -0.05) is 30.7 Å². The molecule has 0 unspecified atom stereocenters. The summed E-state index contributed by atoms with van der Waals surface area (Å²) in [6.07, 6.45) is 3.54. The lowest BCUT2D eigenvalue weighted by Gasteiger charge is -2.12. The zero-order valence-corrected chi connectivity index (χ0v) is 21.3. The third-order valence-electron chi connectivity index (χ3n) is 5.55. The van der Waals surface area contributed by atoms with Gasteiger partial charge in [0.1, 0.15) is 5.75 Å². The summed E-state index contributed by atoms with van der Waals surface area (Å²) < 4.78 is 5.64. The number of aromatic nitrogens is 3. The van der Waals surface area contributed by atoms with Gasteiger partial charge in [-0.15, -0.1) is 0 Å². The molecule has 0 aliphatic carbocycles. The summed E-state index contributed by atoms with van der Waals surface area (Å²) in [5.41, 5.74) is 4.92. The Bertz CT molecular complexity index is 1360. The molecule has 8 nitrogen and oxygen atoms in total. The third-order valence-corrected chi connectivity index (χ3v) is 5.79. The van der Waals surface area contributed by atoms with E-state index < -0.39 is 0 Å². The molecule has 36 heavy (non-hydrogen) atoms. The number of amides is 1. The fourth-order valence-corrected chi connectivity index (χ4v) is 3.95. The molecule has 2 heterocycles. The van der Waals surface area contributed by atoms with Crippen LogP contribution >= 0.6 is 11.6 Å². The summed E-state index contributed by atoms with van der Waals surface area (Å²) in [4.78, 5) is 29.3. The van der Waals surface area contributed by atoms with Gasteiger partial charge in [0, 0.05) is 40.1 Å². The predicted molar refractivity (Wildman–Crippen MR) is 144 cm³/mol. The summed E-state index contributed by atoms with van der Waals surface area (Å²) in [7, 11) is 0. The Morgan fingerprint density at radius 1 is 1.08 bits per heavy atom. The molecule has 0 saturated carbocycles. The highest BCUT2D eigenvalue weighted by molar-refractivity contribution is 6.31. The smallest absolute Gasteiger partial charge is 0.264 e. The van der Waals surface area contributed by atoms with Crippen LogP contribution in [0.4, 0.5) is 5.95 Å². The van der Waals surface area contributed by atoms with Crippen molar-refractivity contribution < 1.29 is 9.53 Å². The first-order valence-corrected chi connectivity index (χ1v) is 12.2. The van der Waals surface area contributed by atoms with Gasteiger partial charge in [-0.25, -0.2) is 9.97 Å². The molecule has 0 atom stereocenters. The van der Waals surface area contributed by atoms with Crippen molar-refractivity contribution in [3.8, 4) is 5.75 Å². The Balaban J connectivity index is 1.45. The first-order chi connectivity index (χ1) is 17.4. The zero-order chi connectivity index (χ0) is 25.5. The first kappa shape index (κ1) is 25.2. The molecule has 0 bridgehead atoms. The molecule has 3 N–H and O–H groups in total. The number of ether oxygens (including phenoxy) is 1. The van der Waals surface area contributed by atoms with Crippen LogP contribution in [-0.2, 0) is 17.6 Å². The SMILES string of the molecule is CCc1ccc(OCC(=O)NC(=NCCc2c[nH]c3ccc(Cl)cc23)Nc2nc(C)cc(C)n2)cc1. The number of rotatable bonds is 8. The molecule has 4 aromatic rings. The molecule has 0 aliphatic heterocycles.